The molecule has 41 heavy (non-hydrogen) atoms. The van der Waals surface area contributed by atoms with Gasteiger partial charge in [-0.25, -0.2) is 8.42 Å². The summed E-state index contributed by atoms with van der Waals surface area (Å²) >= 11 is 6.07. The van der Waals surface area contributed by atoms with Crippen molar-refractivity contribution in [3.63, 3.8) is 0 Å². The van der Waals surface area contributed by atoms with Crippen molar-refractivity contribution in [2.45, 2.75) is 62.6 Å². The van der Waals surface area contributed by atoms with E-state index in [4.69, 9.17) is 16.3 Å². The number of para-hydroxylation sites is 1. The molecule has 218 valence electrons. The van der Waals surface area contributed by atoms with Gasteiger partial charge in [0.25, 0.3) is 10.0 Å². The summed E-state index contributed by atoms with van der Waals surface area (Å²) in [7, 11) is -2.64. The standard InChI is InChI=1S/C31H36ClN3O5S/c1-23(31(37)33-26-9-5-3-6-10-26)34(21-24-13-15-25(32)16-14-24)30(36)22-35(27-11-7-4-8-12-27)41(38,39)29-19-17-28(40-2)18-20-29/h4,7-8,11-20,23,26H,3,5-6,9-10,21-22H2,1-2H3,(H,33,37). The second-order valence-corrected chi connectivity index (χ2v) is 12.5. The Morgan fingerprint density at radius 3 is 2.20 bits per heavy atom. The van der Waals surface area contributed by atoms with E-state index >= 15 is 0 Å². The Hall–Kier alpha value is -3.56. The molecule has 1 saturated carbocycles. The molecule has 0 aliphatic heterocycles. The topological polar surface area (TPSA) is 96.0 Å². The number of hydrogen-bond acceptors (Lipinski definition) is 5. The van der Waals surface area contributed by atoms with Crippen molar-refractivity contribution >= 4 is 39.1 Å². The Bertz CT molecular complexity index is 1410. The van der Waals surface area contributed by atoms with Crippen LogP contribution in [0.5, 0.6) is 5.75 Å². The van der Waals surface area contributed by atoms with Crippen LogP contribution in [-0.2, 0) is 26.2 Å². The molecule has 2 amide bonds. The molecule has 3 aromatic rings. The van der Waals surface area contributed by atoms with E-state index in [-0.39, 0.29) is 23.4 Å². The van der Waals surface area contributed by atoms with E-state index in [1.165, 1.54) is 24.1 Å². The van der Waals surface area contributed by atoms with Gasteiger partial charge in [-0.15, -0.1) is 0 Å². The van der Waals surface area contributed by atoms with Gasteiger partial charge in [-0.1, -0.05) is 61.2 Å². The average Bonchev–Trinajstić information content (AvgIpc) is 3.00. The second kappa shape index (κ2) is 13.9. The highest BCUT2D eigenvalue weighted by molar-refractivity contribution is 7.92. The van der Waals surface area contributed by atoms with Gasteiger partial charge in [-0.3, -0.25) is 13.9 Å². The van der Waals surface area contributed by atoms with Crippen LogP contribution in [0, 0.1) is 0 Å². The Morgan fingerprint density at radius 1 is 0.951 bits per heavy atom. The summed E-state index contributed by atoms with van der Waals surface area (Å²) in [5, 5.41) is 3.65. The van der Waals surface area contributed by atoms with Gasteiger partial charge in [0.2, 0.25) is 11.8 Å². The summed E-state index contributed by atoms with van der Waals surface area (Å²) in [4.78, 5) is 28.8. The fourth-order valence-corrected chi connectivity index (χ4v) is 6.48. The van der Waals surface area contributed by atoms with Crippen LogP contribution in [0.15, 0.2) is 83.8 Å². The Kier molecular flexibility index (Phi) is 10.3. The summed E-state index contributed by atoms with van der Waals surface area (Å²) in [6.45, 7) is 1.30. The summed E-state index contributed by atoms with van der Waals surface area (Å²) in [5.74, 6) is -0.256. The number of ether oxygens (including phenoxy) is 1. The zero-order valence-electron chi connectivity index (χ0n) is 23.3. The highest BCUT2D eigenvalue weighted by Gasteiger charge is 2.33. The summed E-state index contributed by atoms with van der Waals surface area (Å²) < 4.78 is 34.0. The molecule has 1 aliphatic carbocycles. The number of carbonyl (C=O) groups is 2. The first-order valence-corrected chi connectivity index (χ1v) is 15.6. The zero-order valence-corrected chi connectivity index (χ0v) is 24.9. The first kappa shape index (κ1) is 30.4. The van der Waals surface area contributed by atoms with Gasteiger partial charge in [0.1, 0.15) is 18.3 Å². The molecular formula is C31H36ClN3O5S. The Balaban J connectivity index is 1.65. The number of rotatable bonds is 11. The zero-order chi connectivity index (χ0) is 29.4. The number of nitrogens with one attached hydrogen (secondary N) is 1. The number of anilines is 1. The van der Waals surface area contributed by atoms with Crippen molar-refractivity contribution in [1.29, 1.82) is 0 Å². The van der Waals surface area contributed by atoms with E-state index in [9.17, 15) is 18.0 Å². The van der Waals surface area contributed by atoms with Gasteiger partial charge < -0.3 is 15.0 Å². The fourth-order valence-electron chi connectivity index (χ4n) is 4.94. The van der Waals surface area contributed by atoms with Gasteiger partial charge in [0.15, 0.2) is 0 Å². The number of halogens is 1. The highest BCUT2D eigenvalue weighted by Crippen LogP contribution is 2.26. The largest absolute Gasteiger partial charge is 0.497 e. The number of methoxy groups -OCH3 is 1. The SMILES string of the molecule is COc1ccc(S(=O)(=O)N(CC(=O)N(Cc2ccc(Cl)cc2)C(C)C(=O)NC2CCCCC2)c2ccccc2)cc1. The predicted molar refractivity (Wildman–Crippen MR) is 160 cm³/mol. The lowest BCUT2D eigenvalue weighted by molar-refractivity contribution is -0.139. The Labute approximate surface area is 247 Å². The molecule has 1 unspecified atom stereocenters. The number of sulfonamides is 1. The van der Waals surface area contributed by atoms with E-state index < -0.39 is 28.5 Å². The smallest absolute Gasteiger partial charge is 0.264 e. The van der Waals surface area contributed by atoms with Crippen molar-refractivity contribution in [2.24, 2.45) is 0 Å². The second-order valence-electron chi connectivity index (χ2n) is 10.2. The molecule has 1 N–H and O–H groups in total. The first-order valence-electron chi connectivity index (χ1n) is 13.7. The van der Waals surface area contributed by atoms with Crippen LogP contribution >= 0.6 is 11.6 Å². The van der Waals surface area contributed by atoms with Gasteiger partial charge in [-0.2, -0.15) is 0 Å². The third-order valence-corrected chi connectivity index (χ3v) is 9.40. The van der Waals surface area contributed by atoms with E-state index in [0.717, 1.165) is 42.0 Å². The molecule has 3 aromatic carbocycles. The lowest BCUT2D eigenvalue weighted by Gasteiger charge is -2.33. The molecule has 10 heteroatoms. The number of carbonyl (C=O) groups excluding carboxylic acids is 2. The van der Waals surface area contributed by atoms with Crippen LogP contribution in [0.3, 0.4) is 0 Å². The molecule has 8 nitrogen and oxygen atoms in total. The van der Waals surface area contributed by atoms with E-state index in [0.29, 0.717) is 16.5 Å². The lowest BCUT2D eigenvalue weighted by atomic mass is 9.95. The lowest BCUT2D eigenvalue weighted by Crippen LogP contribution is -2.53. The molecule has 1 aliphatic rings. The van der Waals surface area contributed by atoms with Gasteiger partial charge >= 0.3 is 0 Å². The minimum atomic E-state index is -4.14. The molecular weight excluding hydrogens is 562 g/mol. The molecule has 0 radical (unpaired) electrons. The van der Waals surface area contributed by atoms with E-state index in [1.807, 2.05) is 0 Å². The number of amides is 2. The van der Waals surface area contributed by atoms with Crippen molar-refractivity contribution in [1.82, 2.24) is 10.2 Å². The van der Waals surface area contributed by atoms with Crippen LogP contribution in [0.4, 0.5) is 5.69 Å². The molecule has 0 saturated heterocycles. The summed E-state index contributed by atoms with van der Waals surface area (Å²) in [6, 6.07) is 20.7. The first-order chi connectivity index (χ1) is 19.7. The molecule has 0 spiro atoms. The summed E-state index contributed by atoms with van der Waals surface area (Å²) in [5.41, 5.74) is 1.10. The number of nitrogens with zero attached hydrogens (tertiary/aromatic N) is 2. The quantitative estimate of drug-likeness (QED) is 0.319. The molecule has 0 bridgehead atoms. The van der Waals surface area contributed by atoms with Crippen molar-refractivity contribution in [3.8, 4) is 5.75 Å². The van der Waals surface area contributed by atoms with Crippen LogP contribution in [0.25, 0.3) is 0 Å². The fraction of sp³-hybridized carbons (Fsp3) is 0.355. The van der Waals surface area contributed by atoms with Crippen LogP contribution in [0.2, 0.25) is 5.02 Å². The third-order valence-electron chi connectivity index (χ3n) is 7.36. The van der Waals surface area contributed by atoms with Crippen molar-refractivity contribution in [2.75, 3.05) is 18.0 Å². The van der Waals surface area contributed by atoms with Crippen LogP contribution in [0.1, 0.15) is 44.6 Å². The van der Waals surface area contributed by atoms with Crippen molar-refractivity contribution < 1.29 is 22.7 Å². The van der Waals surface area contributed by atoms with Gasteiger partial charge in [0.05, 0.1) is 17.7 Å². The molecule has 1 fully saturated rings. The monoisotopic (exact) mass is 597 g/mol. The van der Waals surface area contributed by atoms with Crippen LogP contribution < -0.4 is 14.4 Å². The number of benzene rings is 3. The normalized spacial score (nSPS) is 14.6. The van der Waals surface area contributed by atoms with Gasteiger partial charge in [-0.05, 0) is 73.9 Å². The Morgan fingerprint density at radius 2 is 1.59 bits per heavy atom. The minimum Gasteiger partial charge on any atom is -0.497 e. The minimum absolute atomic E-state index is 0.0160. The van der Waals surface area contributed by atoms with Crippen molar-refractivity contribution in [3.05, 3.63) is 89.4 Å². The maximum absolute atomic E-state index is 14.0. The highest BCUT2D eigenvalue weighted by atomic mass is 35.5. The molecule has 4 rings (SSSR count). The third kappa shape index (κ3) is 7.80. The van der Waals surface area contributed by atoms with E-state index in [2.05, 4.69) is 5.32 Å². The van der Waals surface area contributed by atoms with E-state index in [1.54, 1.807) is 73.7 Å². The van der Waals surface area contributed by atoms with Gasteiger partial charge in [0, 0.05) is 17.6 Å². The molecule has 0 heterocycles. The number of hydrogen-bond donors (Lipinski definition) is 1. The predicted octanol–water partition coefficient (Wildman–Crippen LogP) is 5.41. The molecule has 1 atom stereocenters. The molecule has 0 aromatic heterocycles. The summed E-state index contributed by atoms with van der Waals surface area (Å²) in [6.07, 6.45) is 5.09. The average molecular weight is 598 g/mol. The van der Waals surface area contributed by atoms with Crippen LogP contribution in [-0.4, -0.2) is 50.9 Å². The maximum atomic E-state index is 14.0. The maximum Gasteiger partial charge on any atom is 0.264 e.